The van der Waals surface area contributed by atoms with Gasteiger partial charge in [-0.15, -0.1) is 6.58 Å². The Bertz CT molecular complexity index is 1310. The van der Waals surface area contributed by atoms with Gasteiger partial charge in [-0.25, -0.2) is 4.98 Å². The highest BCUT2D eigenvalue weighted by Gasteiger charge is 2.18. The largest absolute Gasteiger partial charge is 0.448 e. The quantitative estimate of drug-likeness (QED) is 0.269. The maximum atomic E-state index is 13.0. The first-order valence-electron chi connectivity index (χ1n) is 9.65. The summed E-state index contributed by atoms with van der Waals surface area (Å²) in [5.74, 6) is -0.0360. The van der Waals surface area contributed by atoms with Crippen LogP contribution in [0.2, 0.25) is 0 Å². The molecule has 2 heterocycles. The minimum absolute atomic E-state index is 0.126. The van der Waals surface area contributed by atoms with E-state index in [0.717, 1.165) is 23.1 Å². The number of rotatable bonds is 7. The number of para-hydroxylation sites is 1. The van der Waals surface area contributed by atoms with Gasteiger partial charge in [-0.05, 0) is 36.2 Å². The van der Waals surface area contributed by atoms with Gasteiger partial charge in [0.15, 0.2) is 5.16 Å². The van der Waals surface area contributed by atoms with Crippen molar-refractivity contribution in [2.24, 2.45) is 0 Å². The molecule has 0 aliphatic rings. The minimum Gasteiger partial charge on any atom is -0.448 e. The maximum Gasteiger partial charge on any atom is 0.298 e. The van der Waals surface area contributed by atoms with Gasteiger partial charge in [-0.1, -0.05) is 49.0 Å². The molecule has 1 amide bonds. The predicted molar refractivity (Wildman–Crippen MR) is 121 cm³/mol. The first-order valence-corrected chi connectivity index (χ1v) is 10.6. The van der Waals surface area contributed by atoms with Gasteiger partial charge in [0.25, 0.3) is 5.56 Å². The van der Waals surface area contributed by atoms with E-state index in [0.29, 0.717) is 16.3 Å². The lowest BCUT2D eigenvalue weighted by Gasteiger charge is -2.10. The highest BCUT2D eigenvalue weighted by molar-refractivity contribution is 7.99. The van der Waals surface area contributed by atoms with E-state index in [4.69, 9.17) is 4.42 Å². The number of amides is 1. The van der Waals surface area contributed by atoms with E-state index in [9.17, 15) is 9.59 Å². The van der Waals surface area contributed by atoms with Crippen LogP contribution in [0.4, 0.5) is 5.69 Å². The number of nitrogens with zero attached hydrogens (tertiary/aromatic N) is 2. The van der Waals surface area contributed by atoms with E-state index in [1.807, 2.05) is 42.5 Å². The number of carbonyl (C=O) groups is 1. The van der Waals surface area contributed by atoms with Crippen LogP contribution in [-0.4, -0.2) is 21.2 Å². The van der Waals surface area contributed by atoms with Gasteiger partial charge in [0.1, 0.15) is 11.1 Å². The minimum atomic E-state index is -0.283. The van der Waals surface area contributed by atoms with Crippen LogP contribution in [0.1, 0.15) is 12.5 Å². The molecule has 152 valence electrons. The molecule has 7 heteroatoms. The van der Waals surface area contributed by atoms with Crippen LogP contribution in [0.25, 0.3) is 22.1 Å². The maximum absolute atomic E-state index is 13.0. The number of nitrogens with one attached hydrogen (secondary N) is 1. The smallest absolute Gasteiger partial charge is 0.298 e. The van der Waals surface area contributed by atoms with Gasteiger partial charge in [-0.2, -0.15) is 0 Å². The zero-order valence-electron chi connectivity index (χ0n) is 16.6. The summed E-state index contributed by atoms with van der Waals surface area (Å²) in [5.41, 5.74) is 2.96. The van der Waals surface area contributed by atoms with Crippen molar-refractivity contribution in [3.05, 3.63) is 77.1 Å². The highest BCUT2D eigenvalue weighted by atomic mass is 32.2. The number of carbonyl (C=O) groups excluding carboxylic acids is 1. The Morgan fingerprint density at radius 1 is 1.27 bits per heavy atom. The number of hydrogen-bond acceptors (Lipinski definition) is 5. The number of fused-ring (bicyclic) bond motifs is 3. The molecule has 0 saturated heterocycles. The first kappa shape index (κ1) is 20.0. The van der Waals surface area contributed by atoms with Crippen LogP contribution in [0.15, 0.2) is 75.6 Å². The van der Waals surface area contributed by atoms with Crippen molar-refractivity contribution in [3.8, 4) is 0 Å². The third kappa shape index (κ3) is 3.89. The molecule has 0 unspecified atom stereocenters. The van der Waals surface area contributed by atoms with Gasteiger partial charge in [0.2, 0.25) is 11.5 Å². The fraction of sp³-hybridized carbons (Fsp3) is 0.174. The second kappa shape index (κ2) is 8.59. The summed E-state index contributed by atoms with van der Waals surface area (Å²) in [5, 5.41) is 4.13. The topological polar surface area (TPSA) is 77.1 Å². The van der Waals surface area contributed by atoms with E-state index >= 15 is 0 Å². The molecule has 30 heavy (non-hydrogen) atoms. The molecule has 0 fully saturated rings. The molecule has 2 aromatic carbocycles. The Morgan fingerprint density at radius 3 is 2.90 bits per heavy atom. The molecule has 1 N–H and O–H groups in total. The summed E-state index contributed by atoms with van der Waals surface area (Å²) in [6.07, 6.45) is 2.52. The van der Waals surface area contributed by atoms with Crippen molar-refractivity contribution in [1.82, 2.24) is 9.55 Å². The molecular weight excluding hydrogens is 398 g/mol. The van der Waals surface area contributed by atoms with Gasteiger partial charge in [0.05, 0.1) is 5.75 Å². The second-order valence-corrected chi connectivity index (χ2v) is 7.71. The number of benzene rings is 2. The average Bonchev–Trinajstić information content (AvgIpc) is 3.13. The monoisotopic (exact) mass is 419 g/mol. The van der Waals surface area contributed by atoms with Crippen LogP contribution in [0.3, 0.4) is 0 Å². The molecule has 0 aliphatic carbocycles. The number of anilines is 1. The van der Waals surface area contributed by atoms with Gasteiger partial charge >= 0.3 is 0 Å². The molecule has 0 aliphatic heterocycles. The van der Waals surface area contributed by atoms with Crippen molar-refractivity contribution >= 4 is 45.4 Å². The fourth-order valence-electron chi connectivity index (χ4n) is 3.25. The standard InChI is InChI=1S/C23H21N3O3S/c1-3-12-26-22(28)21-20(17-10-5-6-11-18(17)29-21)25-23(26)30-14-19(27)24-16-9-7-8-15(4-2)13-16/h3,5-11,13H,1,4,12,14H2,2H3,(H,24,27). The molecule has 6 nitrogen and oxygen atoms in total. The van der Waals surface area contributed by atoms with E-state index in [-0.39, 0.29) is 29.3 Å². The highest BCUT2D eigenvalue weighted by Crippen LogP contribution is 2.27. The Hall–Kier alpha value is -3.32. The lowest BCUT2D eigenvalue weighted by molar-refractivity contribution is -0.113. The van der Waals surface area contributed by atoms with Crippen molar-refractivity contribution in [3.63, 3.8) is 0 Å². The number of aromatic nitrogens is 2. The summed E-state index contributed by atoms with van der Waals surface area (Å²) in [6, 6.07) is 15.1. The van der Waals surface area contributed by atoms with Crippen molar-refractivity contribution in [1.29, 1.82) is 0 Å². The van der Waals surface area contributed by atoms with E-state index in [1.54, 1.807) is 12.1 Å². The van der Waals surface area contributed by atoms with Crippen molar-refractivity contribution < 1.29 is 9.21 Å². The third-order valence-electron chi connectivity index (χ3n) is 4.71. The second-order valence-electron chi connectivity index (χ2n) is 6.77. The molecule has 0 radical (unpaired) electrons. The summed E-state index contributed by atoms with van der Waals surface area (Å²) < 4.78 is 7.21. The summed E-state index contributed by atoms with van der Waals surface area (Å²) >= 11 is 1.22. The number of furan rings is 1. The van der Waals surface area contributed by atoms with Gasteiger partial charge in [0, 0.05) is 17.6 Å². The normalized spacial score (nSPS) is 11.1. The Labute approximate surface area is 177 Å². The van der Waals surface area contributed by atoms with Crippen LogP contribution in [0, 0.1) is 0 Å². The summed E-state index contributed by atoms with van der Waals surface area (Å²) in [4.78, 5) is 30.1. The number of aryl methyl sites for hydroxylation is 1. The molecule has 4 aromatic rings. The average molecular weight is 420 g/mol. The fourth-order valence-corrected chi connectivity index (χ4v) is 4.05. The van der Waals surface area contributed by atoms with Crippen LogP contribution in [-0.2, 0) is 17.8 Å². The van der Waals surface area contributed by atoms with Gasteiger partial charge in [-0.3, -0.25) is 14.2 Å². The van der Waals surface area contributed by atoms with E-state index < -0.39 is 0 Å². The zero-order valence-corrected chi connectivity index (χ0v) is 17.4. The molecule has 2 aromatic heterocycles. The number of allylic oxidation sites excluding steroid dienone is 1. The molecule has 4 rings (SSSR count). The molecular formula is C23H21N3O3S. The lowest BCUT2D eigenvalue weighted by Crippen LogP contribution is -2.23. The van der Waals surface area contributed by atoms with E-state index in [1.165, 1.54) is 16.3 Å². The molecule has 0 bridgehead atoms. The SMILES string of the molecule is C=CCn1c(SCC(=O)Nc2cccc(CC)c2)nc2c(oc3ccccc32)c1=O. The Morgan fingerprint density at radius 2 is 2.10 bits per heavy atom. The van der Waals surface area contributed by atoms with Crippen LogP contribution >= 0.6 is 11.8 Å². The van der Waals surface area contributed by atoms with E-state index in [2.05, 4.69) is 23.8 Å². The Kier molecular flexibility index (Phi) is 5.72. The number of hydrogen-bond donors (Lipinski definition) is 1. The Balaban J connectivity index is 1.63. The van der Waals surface area contributed by atoms with Crippen LogP contribution < -0.4 is 10.9 Å². The predicted octanol–water partition coefficient (Wildman–Crippen LogP) is 4.62. The lowest BCUT2D eigenvalue weighted by atomic mass is 10.1. The molecule has 0 saturated carbocycles. The van der Waals surface area contributed by atoms with Crippen molar-refractivity contribution in [2.45, 2.75) is 25.0 Å². The molecule has 0 spiro atoms. The molecule has 0 atom stereocenters. The number of thioether (sulfide) groups is 1. The summed E-state index contributed by atoms with van der Waals surface area (Å²) in [6.45, 7) is 6.07. The zero-order chi connectivity index (χ0) is 21.1. The summed E-state index contributed by atoms with van der Waals surface area (Å²) in [7, 11) is 0. The van der Waals surface area contributed by atoms with Gasteiger partial charge < -0.3 is 9.73 Å². The third-order valence-corrected chi connectivity index (χ3v) is 5.69. The van der Waals surface area contributed by atoms with Crippen LogP contribution in [0.5, 0.6) is 0 Å². The van der Waals surface area contributed by atoms with Crippen molar-refractivity contribution in [2.75, 3.05) is 11.1 Å². The first-order chi connectivity index (χ1) is 14.6.